The predicted octanol–water partition coefficient (Wildman–Crippen LogP) is 3.78. The van der Waals surface area contributed by atoms with Crippen molar-refractivity contribution in [3.8, 4) is 5.75 Å². The first-order valence-electron chi connectivity index (χ1n) is 11.2. The molecule has 1 aliphatic rings. The Morgan fingerprint density at radius 2 is 1.89 bits per heavy atom. The van der Waals surface area contributed by atoms with Crippen LogP contribution in [0.2, 0.25) is 0 Å². The highest BCUT2D eigenvalue weighted by Crippen LogP contribution is 2.30. The lowest BCUT2D eigenvalue weighted by molar-refractivity contribution is -0.147. The third kappa shape index (κ3) is 4.83. The number of rotatable bonds is 7. The van der Waals surface area contributed by atoms with Gasteiger partial charge in [0.15, 0.2) is 17.5 Å². The van der Waals surface area contributed by atoms with Gasteiger partial charge in [-0.05, 0) is 55.5 Å². The Bertz CT molecular complexity index is 1460. The molecule has 10 nitrogen and oxygen atoms in total. The standard InChI is InChI=1S/C26H21N5O5/c1-2-34-26(33)22-23(32)20(13-16-14-30-24-19(16)5-3-10-29-24)36-25(22)31-17-6-8-18(9-7-17)35-15-21-27-11-4-12-28-21/h3-14,22H,2,15H2,1H3,(H,29,30)/b20-13-,31-25?. The molecule has 1 aromatic carbocycles. The molecule has 3 aromatic heterocycles. The van der Waals surface area contributed by atoms with Gasteiger partial charge in [-0.25, -0.2) is 19.9 Å². The number of nitrogens with one attached hydrogen (secondary N) is 1. The molecular formula is C26H21N5O5. The quantitative estimate of drug-likeness (QED) is 0.239. The van der Waals surface area contributed by atoms with Crippen LogP contribution in [0.25, 0.3) is 17.1 Å². The van der Waals surface area contributed by atoms with Crippen LogP contribution in [0.5, 0.6) is 5.75 Å². The number of fused-ring (bicyclic) bond motifs is 1. The van der Waals surface area contributed by atoms with E-state index in [1.165, 1.54) is 0 Å². The zero-order chi connectivity index (χ0) is 24.9. The Kier molecular flexibility index (Phi) is 6.48. The number of Topliss-reactive ketones (excluding diaryl/α,β-unsaturated/α-hetero) is 1. The molecule has 180 valence electrons. The highest BCUT2D eigenvalue weighted by atomic mass is 16.5. The van der Waals surface area contributed by atoms with E-state index in [1.807, 2.05) is 6.07 Å². The SMILES string of the molecule is CCOC(=O)C1C(=O)/C(=C/c2c[nH]c3ncccc23)OC1=Nc1ccc(OCc2ncccn2)cc1. The van der Waals surface area contributed by atoms with Gasteiger partial charge in [0.1, 0.15) is 18.0 Å². The summed E-state index contributed by atoms with van der Waals surface area (Å²) in [6, 6.07) is 12.2. The van der Waals surface area contributed by atoms with Crippen LogP contribution >= 0.6 is 0 Å². The lowest BCUT2D eigenvalue weighted by atomic mass is 10.0. The van der Waals surface area contributed by atoms with Crippen LogP contribution in [0.3, 0.4) is 0 Å². The first-order chi connectivity index (χ1) is 17.6. The van der Waals surface area contributed by atoms with Gasteiger partial charge in [0, 0.05) is 35.7 Å². The minimum atomic E-state index is -1.29. The summed E-state index contributed by atoms with van der Waals surface area (Å²) >= 11 is 0. The number of aromatic nitrogens is 4. The molecular weight excluding hydrogens is 462 g/mol. The predicted molar refractivity (Wildman–Crippen MR) is 130 cm³/mol. The summed E-state index contributed by atoms with van der Waals surface area (Å²) in [5.41, 5.74) is 1.86. The van der Waals surface area contributed by atoms with Crippen molar-refractivity contribution in [3.05, 3.63) is 84.4 Å². The summed E-state index contributed by atoms with van der Waals surface area (Å²) in [6.45, 7) is 2.01. The van der Waals surface area contributed by atoms with Gasteiger partial charge in [-0.1, -0.05) is 0 Å². The number of ether oxygens (including phenoxy) is 3. The lowest BCUT2D eigenvalue weighted by Gasteiger charge is -2.07. The number of esters is 1. The molecule has 1 aliphatic heterocycles. The highest BCUT2D eigenvalue weighted by Gasteiger charge is 2.44. The highest BCUT2D eigenvalue weighted by molar-refractivity contribution is 6.27. The number of nitrogens with zero attached hydrogens (tertiary/aromatic N) is 4. The Hall–Kier alpha value is -4.86. The third-order valence-electron chi connectivity index (χ3n) is 5.32. The summed E-state index contributed by atoms with van der Waals surface area (Å²) in [5.74, 6) is -1.42. The molecule has 1 N–H and O–H groups in total. The first-order valence-corrected chi connectivity index (χ1v) is 11.2. The summed E-state index contributed by atoms with van der Waals surface area (Å²) in [5, 5.41) is 0.816. The Balaban J connectivity index is 1.39. The van der Waals surface area contributed by atoms with E-state index in [1.54, 1.807) is 74.2 Å². The molecule has 0 amide bonds. The fraction of sp³-hybridized carbons (Fsp3) is 0.154. The maximum Gasteiger partial charge on any atom is 0.326 e. The molecule has 4 aromatic rings. The summed E-state index contributed by atoms with van der Waals surface area (Å²) in [4.78, 5) is 45.7. The molecule has 0 radical (unpaired) electrons. The van der Waals surface area contributed by atoms with Gasteiger partial charge in [-0.2, -0.15) is 0 Å². The van der Waals surface area contributed by atoms with E-state index in [0.717, 1.165) is 5.39 Å². The number of carbonyl (C=O) groups excluding carboxylic acids is 2. The maximum absolute atomic E-state index is 13.1. The van der Waals surface area contributed by atoms with Crippen molar-refractivity contribution in [2.24, 2.45) is 10.9 Å². The van der Waals surface area contributed by atoms with Crippen LogP contribution in [0.15, 0.2) is 78.0 Å². The van der Waals surface area contributed by atoms with E-state index < -0.39 is 17.7 Å². The first kappa shape index (κ1) is 22.9. The number of H-pyrrole nitrogens is 1. The van der Waals surface area contributed by atoms with E-state index in [9.17, 15) is 9.59 Å². The number of ketones is 1. The molecule has 1 fully saturated rings. The second kappa shape index (κ2) is 10.2. The maximum atomic E-state index is 13.1. The zero-order valence-electron chi connectivity index (χ0n) is 19.2. The van der Waals surface area contributed by atoms with Crippen molar-refractivity contribution in [2.75, 3.05) is 6.61 Å². The van der Waals surface area contributed by atoms with Gasteiger partial charge in [0.05, 0.1) is 12.3 Å². The molecule has 0 aliphatic carbocycles. The Morgan fingerprint density at radius 3 is 2.67 bits per heavy atom. The van der Waals surface area contributed by atoms with Crippen LogP contribution < -0.4 is 4.74 Å². The summed E-state index contributed by atoms with van der Waals surface area (Å²) < 4.78 is 16.6. The molecule has 1 unspecified atom stereocenters. The van der Waals surface area contributed by atoms with Gasteiger partial charge in [-0.15, -0.1) is 0 Å². The molecule has 1 atom stereocenters. The van der Waals surface area contributed by atoms with Crippen molar-refractivity contribution in [3.63, 3.8) is 0 Å². The summed E-state index contributed by atoms with van der Waals surface area (Å²) in [6.07, 6.45) is 8.24. The average Bonchev–Trinajstić information content (AvgIpc) is 3.45. The number of aromatic amines is 1. The number of hydrogen-bond acceptors (Lipinski definition) is 9. The molecule has 10 heteroatoms. The largest absolute Gasteiger partial charge is 0.486 e. The van der Waals surface area contributed by atoms with E-state index >= 15 is 0 Å². The molecule has 4 heterocycles. The van der Waals surface area contributed by atoms with Gasteiger partial charge < -0.3 is 19.2 Å². The van der Waals surface area contributed by atoms with Gasteiger partial charge in [-0.3, -0.25) is 9.59 Å². The van der Waals surface area contributed by atoms with Crippen LogP contribution in [0.1, 0.15) is 18.3 Å². The molecule has 0 bridgehead atoms. The van der Waals surface area contributed by atoms with Crippen molar-refractivity contribution in [2.45, 2.75) is 13.5 Å². The van der Waals surface area contributed by atoms with E-state index in [-0.39, 0.29) is 24.9 Å². The number of aliphatic imine (C=N–C) groups is 1. The van der Waals surface area contributed by atoms with Crippen molar-refractivity contribution >= 4 is 40.4 Å². The molecule has 36 heavy (non-hydrogen) atoms. The smallest absolute Gasteiger partial charge is 0.326 e. The third-order valence-corrected chi connectivity index (χ3v) is 5.32. The van der Waals surface area contributed by atoms with Crippen LogP contribution in [-0.4, -0.2) is 44.2 Å². The second-order valence-electron chi connectivity index (χ2n) is 7.70. The van der Waals surface area contributed by atoms with E-state index in [2.05, 4.69) is 24.9 Å². The van der Waals surface area contributed by atoms with Crippen molar-refractivity contribution in [1.29, 1.82) is 0 Å². The second-order valence-corrected chi connectivity index (χ2v) is 7.70. The van der Waals surface area contributed by atoms with E-state index in [0.29, 0.717) is 28.5 Å². The molecule has 1 saturated heterocycles. The number of benzene rings is 1. The Morgan fingerprint density at radius 1 is 1.11 bits per heavy atom. The van der Waals surface area contributed by atoms with E-state index in [4.69, 9.17) is 14.2 Å². The van der Waals surface area contributed by atoms with Crippen LogP contribution in [0.4, 0.5) is 5.69 Å². The van der Waals surface area contributed by atoms with Gasteiger partial charge in [0.2, 0.25) is 11.7 Å². The fourth-order valence-corrected chi connectivity index (χ4v) is 3.63. The summed E-state index contributed by atoms with van der Waals surface area (Å²) in [7, 11) is 0. The molecule has 0 spiro atoms. The molecule has 0 saturated carbocycles. The van der Waals surface area contributed by atoms with Crippen molar-refractivity contribution < 1.29 is 23.8 Å². The zero-order valence-corrected chi connectivity index (χ0v) is 19.2. The minimum absolute atomic E-state index is 0.000583. The number of pyridine rings is 1. The number of allylic oxidation sites excluding steroid dienone is 1. The lowest BCUT2D eigenvalue weighted by Crippen LogP contribution is -2.27. The van der Waals surface area contributed by atoms with Gasteiger partial charge in [0.25, 0.3) is 0 Å². The topological polar surface area (TPSA) is 129 Å². The van der Waals surface area contributed by atoms with Crippen molar-refractivity contribution in [1.82, 2.24) is 19.9 Å². The normalized spacial score (nSPS) is 17.5. The fourth-order valence-electron chi connectivity index (χ4n) is 3.63. The molecule has 5 rings (SSSR count). The Labute approximate surface area is 205 Å². The van der Waals surface area contributed by atoms with Crippen LogP contribution in [-0.2, 0) is 25.7 Å². The van der Waals surface area contributed by atoms with Crippen LogP contribution in [0, 0.1) is 5.92 Å². The monoisotopic (exact) mass is 483 g/mol. The number of hydrogen-bond donors (Lipinski definition) is 1. The number of carbonyl (C=O) groups is 2. The van der Waals surface area contributed by atoms with Gasteiger partial charge >= 0.3 is 5.97 Å². The average molecular weight is 483 g/mol. The minimum Gasteiger partial charge on any atom is -0.486 e.